The quantitative estimate of drug-likeness (QED) is 0.309. The highest BCUT2D eigenvalue weighted by molar-refractivity contribution is 14.0. The van der Waals surface area contributed by atoms with E-state index >= 15 is 0 Å². The number of halogens is 1. The molecule has 1 aromatic heterocycles. The third-order valence-corrected chi connectivity index (χ3v) is 5.55. The SMILES string of the molecule is CCC(CC)c1cc(CNC(=NC)NCCN2CCCCC2CC)on1.I. The van der Waals surface area contributed by atoms with Crippen LogP contribution in [0.5, 0.6) is 0 Å². The Bertz CT molecular complexity index is 544. The van der Waals surface area contributed by atoms with Crippen molar-refractivity contribution in [2.24, 2.45) is 4.99 Å². The molecule has 1 aromatic rings. The van der Waals surface area contributed by atoms with Crippen LogP contribution in [0.4, 0.5) is 0 Å². The smallest absolute Gasteiger partial charge is 0.191 e. The Labute approximate surface area is 181 Å². The highest BCUT2D eigenvalue weighted by atomic mass is 127. The first kappa shape index (κ1) is 24.2. The number of aliphatic imine (C=N–C) groups is 1. The third-order valence-electron chi connectivity index (χ3n) is 5.55. The van der Waals surface area contributed by atoms with Gasteiger partial charge >= 0.3 is 0 Å². The first-order valence-electron chi connectivity index (χ1n) is 10.4. The summed E-state index contributed by atoms with van der Waals surface area (Å²) >= 11 is 0. The number of hydrogen-bond donors (Lipinski definition) is 2. The lowest BCUT2D eigenvalue weighted by Gasteiger charge is -2.35. The van der Waals surface area contributed by atoms with E-state index in [2.05, 4.69) is 52.5 Å². The molecule has 1 saturated heterocycles. The Morgan fingerprint density at radius 3 is 2.74 bits per heavy atom. The molecule has 1 atom stereocenters. The van der Waals surface area contributed by atoms with E-state index in [1.165, 1.54) is 32.2 Å². The maximum absolute atomic E-state index is 5.47. The average molecular weight is 491 g/mol. The largest absolute Gasteiger partial charge is 0.359 e. The summed E-state index contributed by atoms with van der Waals surface area (Å²) in [6.45, 7) is 10.5. The first-order valence-corrected chi connectivity index (χ1v) is 10.4. The van der Waals surface area contributed by atoms with Crippen LogP contribution in [0, 0.1) is 0 Å². The van der Waals surface area contributed by atoms with E-state index in [0.717, 1.165) is 49.4 Å². The molecule has 0 aromatic carbocycles. The minimum absolute atomic E-state index is 0. The maximum atomic E-state index is 5.47. The molecule has 6 nitrogen and oxygen atoms in total. The minimum Gasteiger partial charge on any atom is -0.359 e. The summed E-state index contributed by atoms with van der Waals surface area (Å²) in [7, 11) is 1.81. The Kier molecular flexibility index (Phi) is 12.0. The van der Waals surface area contributed by atoms with Gasteiger partial charge in [0, 0.05) is 38.2 Å². The summed E-state index contributed by atoms with van der Waals surface area (Å²) in [5.41, 5.74) is 1.06. The Balaban J connectivity index is 0.00000364. The van der Waals surface area contributed by atoms with Gasteiger partial charge in [0.25, 0.3) is 0 Å². The zero-order chi connectivity index (χ0) is 18.8. The van der Waals surface area contributed by atoms with Crippen molar-refractivity contribution in [3.8, 4) is 0 Å². The van der Waals surface area contributed by atoms with Gasteiger partial charge in [0.15, 0.2) is 11.7 Å². The number of guanidine groups is 1. The Morgan fingerprint density at radius 1 is 1.30 bits per heavy atom. The van der Waals surface area contributed by atoms with Crippen LogP contribution < -0.4 is 10.6 Å². The molecule has 0 aliphatic carbocycles. The Morgan fingerprint density at radius 2 is 2.07 bits per heavy atom. The molecular weight excluding hydrogens is 453 g/mol. The molecule has 1 aliphatic heterocycles. The highest BCUT2D eigenvalue weighted by Crippen LogP contribution is 2.22. The highest BCUT2D eigenvalue weighted by Gasteiger charge is 2.20. The van der Waals surface area contributed by atoms with Gasteiger partial charge in [0.05, 0.1) is 12.2 Å². The summed E-state index contributed by atoms with van der Waals surface area (Å²) in [6.07, 6.45) is 7.48. The Hall–Kier alpha value is -0.830. The number of nitrogens with one attached hydrogen (secondary N) is 2. The van der Waals surface area contributed by atoms with Crippen molar-refractivity contribution in [1.82, 2.24) is 20.7 Å². The van der Waals surface area contributed by atoms with Crippen molar-refractivity contribution >= 4 is 29.9 Å². The molecule has 0 amide bonds. The van der Waals surface area contributed by atoms with Gasteiger partial charge in [-0.15, -0.1) is 24.0 Å². The van der Waals surface area contributed by atoms with Crippen LogP contribution in [0.15, 0.2) is 15.6 Å². The molecule has 1 aliphatic rings. The van der Waals surface area contributed by atoms with E-state index < -0.39 is 0 Å². The van der Waals surface area contributed by atoms with Gasteiger partial charge in [-0.25, -0.2) is 0 Å². The monoisotopic (exact) mass is 491 g/mol. The molecular formula is C20H38IN5O. The standard InChI is InChI=1S/C20H37N5O.HI/c1-5-16(6-2)19-14-18(26-24-19)15-23-20(21-4)22-11-13-25-12-9-8-10-17(25)7-3;/h14,16-17H,5-13,15H2,1-4H3,(H2,21,22,23);1H. The molecule has 2 rings (SSSR count). The zero-order valence-corrected chi connectivity index (χ0v) is 19.8. The van der Waals surface area contributed by atoms with Crippen LogP contribution in [0.3, 0.4) is 0 Å². The average Bonchev–Trinajstić information content (AvgIpc) is 3.14. The van der Waals surface area contributed by atoms with Crippen LogP contribution in [-0.2, 0) is 6.54 Å². The summed E-state index contributed by atoms with van der Waals surface area (Å²) in [4.78, 5) is 6.93. The van der Waals surface area contributed by atoms with E-state index in [-0.39, 0.29) is 24.0 Å². The number of rotatable bonds is 9. The number of nitrogens with zero attached hydrogens (tertiary/aromatic N) is 3. The van der Waals surface area contributed by atoms with Crippen LogP contribution in [0.25, 0.3) is 0 Å². The van der Waals surface area contributed by atoms with Gasteiger partial charge in [-0.2, -0.15) is 0 Å². The van der Waals surface area contributed by atoms with E-state index in [1.807, 2.05) is 0 Å². The fourth-order valence-corrected chi connectivity index (χ4v) is 3.84. The second-order valence-electron chi connectivity index (χ2n) is 7.18. The van der Waals surface area contributed by atoms with Gasteiger partial charge in [0.1, 0.15) is 0 Å². The topological polar surface area (TPSA) is 65.7 Å². The van der Waals surface area contributed by atoms with Gasteiger partial charge in [-0.05, 0) is 38.6 Å². The lowest BCUT2D eigenvalue weighted by molar-refractivity contribution is 0.147. The van der Waals surface area contributed by atoms with Crippen molar-refractivity contribution in [3.05, 3.63) is 17.5 Å². The number of likely N-dealkylation sites (tertiary alicyclic amines) is 1. The molecule has 2 heterocycles. The van der Waals surface area contributed by atoms with Crippen molar-refractivity contribution in [2.75, 3.05) is 26.7 Å². The molecule has 2 N–H and O–H groups in total. The van der Waals surface area contributed by atoms with Crippen LogP contribution in [-0.4, -0.2) is 48.7 Å². The number of aromatic nitrogens is 1. The predicted molar refractivity (Wildman–Crippen MR) is 123 cm³/mol. The molecule has 27 heavy (non-hydrogen) atoms. The molecule has 0 radical (unpaired) electrons. The summed E-state index contributed by atoms with van der Waals surface area (Å²) in [5, 5.41) is 11.0. The third kappa shape index (κ3) is 7.60. The van der Waals surface area contributed by atoms with Crippen LogP contribution in [0.2, 0.25) is 0 Å². The fraction of sp³-hybridized carbons (Fsp3) is 0.800. The summed E-state index contributed by atoms with van der Waals surface area (Å²) in [6, 6.07) is 2.82. The van der Waals surface area contributed by atoms with Gasteiger partial charge < -0.3 is 15.2 Å². The van der Waals surface area contributed by atoms with Crippen LogP contribution >= 0.6 is 24.0 Å². The van der Waals surface area contributed by atoms with Gasteiger partial charge in [0.2, 0.25) is 0 Å². The van der Waals surface area contributed by atoms with E-state index in [1.54, 1.807) is 7.05 Å². The van der Waals surface area contributed by atoms with Crippen LogP contribution in [0.1, 0.15) is 76.7 Å². The molecule has 1 unspecified atom stereocenters. The minimum atomic E-state index is 0. The second-order valence-corrected chi connectivity index (χ2v) is 7.18. The molecule has 0 saturated carbocycles. The molecule has 7 heteroatoms. The normalized spacial score (nSPS) is 18.4. The van der Waals surface area contributed by atoms with Crippen molar-refractivity contribution < 1.29 is 4.52 Å². The summed E-state index contributed by atoms with van der Waals surface area (Å²) in [5.74, 6) is 2.16. The summed E-state index contributed by atoms with van der Waals surface area (Å²) < 4.78 is 5.47. The molecule has 0 bridgehead atoms. The fourth-order valence-electron chi connectivity index (χ4n) is 3.84. The lowest BCUT2D eigenvalue weighted by Crippen LogP contribution is -2.45. The van der Waals surface area contributed by atoms with Crippen molar-refractivity contribution in [3.63, 3.8) is 0 Å². The zero-order valence-electron chi connectivity index (χ0n) is 17.5. The van der Waals surface area contributed by atoms with E-state index in [9.17, 15) is 0 Å². The van der Waals surface area contributed by atoms with E-state index in [4.69, 9.17) is 4.52 Å². The number of hydrogen-bond acceptors (Lipinski definition) is 4. The first-order chi connectivity index (χ1) is 12.7. The molecule has 156 valence electrons. The van der Waals surface area contributed by atoms with E-state index in [0.29, 0.717) is 12.5 Å². The molecule has 0 spiro atoms. The predicted octanol–water partition coefficient (Wildman–Crippen LogP) is 4.13. The van der Waals surface area contributed by atoms with Crippen molar-refractivity contribution in [2.45, 2.75) is 77.8 Å². The molecule has 1 fully saturated rings. The van der Waals surface area contributed by atoms with Gasteiger partial charge in [-0.3, -0.25) is 9.89 Å². The number of piperidine rings is 1. The second kappa shape index (κ2) is 13.4. The lowest BCUT2D eigenvalue weighted by atomic mass is 9.99. The van der Waals surface area contributed by atoms with Gasteiger partial charge in [-0.1, -0.05) is 32.3 Å². The maximum Gasteiger partial charge on any atom is 0.191 e. The van der Waals surface area contributed by atoms with Crippen molar-refractivity contribution in [1.29, 1.82) is 0 Å².